The minimum Gasteiger partial charge on any atom is -0.383 e. The van der Waals surface area contributed by atoms with E-state index in [1.54, 1.807) is 13.3 Å². The number of ether oxygens (including phenoxy) is 1. The lowest BCUT2D eigenvalue weighted by atomic mass is 10.2. The predicted molar refractivity (Wildman–Crippen MR) is 47.8 cm³/mol. The van der Waals surface area contributed by atoms with Crippen molar-refractivity contribution >= 4 is 5.95 Å². The molecular weight excluding hydrogens is 154 g/mol. The first kappa shape index (κ1) is 9.06. The number of rotatable bonds is 4. The molecule has 0 amide bonds. The molecule has 0 saturated carbocycles. The summed E-state index contributed by atoms with van der Waals surface area (Å²) < 4.78 is 7.00. The van der Waals surface area contributed by atoms with Crippen LogP contribution in [-0.2, 0) is 4.74 Å². The van der Waals surface area contributed by atoms with Crippen molar-refractivity contribution in [3.05, 3.63) is 12.4 Å². The summed E-state index contributed by atoms with van der Waals surface area (Å²) in [5.74, 6) is 0.555. The molecule has 1 aromatic heterocycles. The van der Waals surface area contributed by atoms with Crippen molar-refractivity contribution in [2.45, 2.75) is 19.4 Å². The van der Waals surface area contributed by atoms with Gasteiger partial charge in [0.1, 0.15) is 0 Å². The lowest BCUT2D eigenvalue weighted by Crippen LogP contribution is -2.15. The highest BCUT2D eigenvalue weighted by Crippen LogP contribution is 2.14. The van der Waals surface area contributed by atoms with Gasteiger partial charge in [-0.15, -0.1) is 0 Å². The summed E-state index contributed by atoms with van der Waals surface area (Å²) in [7, 11) is 1.69. The molecule has 0 radical (unpaired) electrons. The SMILES string of the molecule is CCC(COC)n1ccnc1N. The fraction of sp³-hybridized carbons (Fsp3) is 0.625. The monoisotopic (exact) mass is 169 g/mol. The Kier molecular flexibility index (Phi) is 3.10. The highest BCUT2D eigenvalue weighted by atomic mass is 16.5. The average molecular weight is 169 g/mol. The van der Waals surface area contributed by atoms with Gasteiger partial charge in [0.25, 0.3) is 0 Å². The van der Waals surface area contributed by atoms with Crippen LogP contribution in [0.1, 0.15) is 19.4 Å². The molecule has 1 unspecified atom stereocenters. The van der Waals surface area contributed by atoms with Crippen molar-refractivity contribution in [1.82, 2.24) is 9.55 Å². The van der Waals surface area contributed by atoms with Crippen LogP contribution >= 0.6 is 0 Å². The Morgan fingerprint density at radius 3 is 2.92 bits per heavy atom. The van der Waals surface area contributed by atoms with Gasteiger partial charge in [-0.3, -0.25) is 0 Å². The third kappa shape index (κ3) is 1.76. The maximum Gasteiger partial charge on any atom is 0.200 e. The van der Waals surface area contributed by atoms with E-state index in [9.17, 15) is 0 Å². The van der Waals surface area contributed by atoms with E-state index in [1.807, 2.05) is 10.8 Å². The number of aromatic nitrogens is 2. The number of nitrogens with two attached hydrogens (primary N) is 1. The first-order valence-electron chi connectivity index (χ1n) is 4.06. The summed E-state index contributed by atoms with van der Waals surface area (Å²) in [6.45, 7) is 2.78. The molecule has 1 atom stereocenters. The predicted octanol–water partition coefficient (Wildman–Crippen LogP) is 1.06. The Hall–Kier alpha value is -1.03. The van der Waals surface area contributed by atoms with E-state index in [4.69, 9.17) is 10.5 Å². The zero-order valence-electron chi connectivity index (χ0n) is 7.53. The van der Waals surface area contributed by atoms with Crippen molar-refractivity contribution in [2.24, 2.45) is 0 Å². The maximum absolute atomic E-state index is 5.64. The van der Waals surface area contributed by atoms with Crippen LogP contribution in [0.25, 0.3) is 0 Å². The molecule has 12 heavy (non-hydrogen) atoms. The van der Waals surface area contributed by atoms with Gasteiger partial charge in [0.05, 0.1) is 12.6 Å². The van der Waals surface area contributed by atoms with Crippen LogP contribution in [0.2, 0.25) is 0 Å². The summed E-state index contributed by atoms with van der Waals surface area (Å²) >= 11 is 0. The average Bonchev–Trinajstić information content (AvgIpc) is 2.47. The Balaban J connectivity index is 2.72. The number of hydrogen-bond donors (Lipinski definition) is 1. The molecular formula is C8H15N3O. The normalized spacial score (nSPS) is 13.2. The largest absolute Gasteiger partial charge is 0.383 e. The fourth-order valence-corrected chi connectivity index (χ4v) is 1.22. The van der Waals surface area contributed by atoms with Crippen LogP contribution < -0.4 is 5.73 Å². The van der Waals surface area contributed by atoms with E-state index in [0.717, 1.165) is 6.42 Å². The van der Waals surface area contributed by atoms with Gasteiger partial charge in [-0.05, 0) is 6.42 Å². The molecule has 2 N–H and O–H groups in total. The molecule has 4 heteroatoms. The third-order valence-corrected chi connectivity index (χ3v) is 1.92. The molecule has 68 valence electrons. The molecule has 0 bridgehead atoms. The number of anilines is 1. The van der Waals surface area contributed by atoms with Crippen molar-refractivity contribution < 1.29 is 4.74 Å². The van der Waals surface area contributed by atoms with Crippen LogP contribution in [0.5, 0.6) is 0 Å². The molecule has 1 aromatic rings. The van der Waals surface area contributed by atoms with Crippen LogP contribution in [0, 0.1) is 0 Å². The van der Waals surface area contributed by atoms with E-state index in [0.29, 0.717) is 18.6 Å². The number of imidazole rings is 1. The van der Waals surface area contributed by atoms with Gasteiger partial charge in [0.15, 0.2) is 5.95 Å². The number of nitrogens with zero attached hydrogens (tertiary/aromatic N) is 2. The van der Waals surface area contributed by atoms with Gasteiger partial charge in [-0.25, -0.2) is 4.98 Å². The van der Waals surface area contributed by atoms with E-state index >= 15 is 0 Å². The van der Waals surface area contributed by atoms with Crippen molar-refractivity contribution in [3.63, 3.8) is 0 Å². The minimum absolute atomic E-state index is 0.303. The van der Waals surface area contributed by atoms with Crippen LogP contribution in [-0.4, -0.2) is 23.3 Å². The maximum atomic E-state index is 5.64. The van der Waals surface area contributed by atoms with E-state index < -0.39 is 0 Å². The highest BCUT2D eigenvalue weighted by Gasteiger charge is 2.09. The molecule has 0 fully saturated rings. The van der Waals surface area contributed by atoms with E-state index in [2.05, 4.69) is 11.9 Å². The molecule has 1 rings (SSSR count). The van der Waals surface area contributed by atoms with Gasteiger partial charge in [-0.2, -0.15) is 0 Å². The molecule has 1 heterocycles. The van der Waals surface area contributed by atoms with Gasteiger partial charge in [-0.1, -0.05) is 6.92 Å². The zero-order valence-corrected chi connectivity index (χ0v) is 7.53. The van der Waals surface area contributed by atoms with E-state index in [-0.39, 0.29) is 0 Å². The number of methoxy groups -OCH3 is 1. The van der Waals surface area contributed by atoms with Gasteiger partial charge in [0.2, 0.25) is 0 Å². The molecule has 0 saturated heterocycles. The van der Waals surface area contributed by atoms with Gasteiger partial charge >= 0.3 is 0 Å². The van der Waals surface area contributed by atoms with E-state index in [1.165, 1.54) is 0 Å². The standard InChI is InChI=1S/C8H15N3O/c1-3-7(6-12-2)11-5-4-10-8(11)9/h4-5,7H,3,6H2,1-2H3,(H2,9,10). The topological polar surface area (TPSA) is 53.1 Å². The molecule has 4 nitrogen and oxygen atoms in total. The van der Waals surface area contributed by atoms with Crippen LogP contribution in [0.15, 0.2) is 12.4 Å². The van der Waals surface area contributed by atoms with Gasteiger partial charge in [0, 0.05) is 19.5 Å². The molecule has 0 aromatic carbocycles. The molecule has 0 aliphatic heterocycles. The van der Waals surface area contributed by atoms with Gasteiger partial charge < -0.3 is 15.0 Å². The lowest BCUT2D eigenvalue weighted by molar-refractivity contribution is 0.154. The summed E-state index contributed by atoms with van der Waals surface area (Å²) in [5.41, 5.74) is 5.64. The number of hydrogen-bond acceptors (Lipinski definition) is 3. The smallest absolute Gasteiger partial charge is 0.200 e. The fourth-order valence-electron chi connectivity index (χ4n) is 1.22. The third-order valence-electron chi connectivity index (χ3n) is 1.92. The zero-order chi connectivity index (χ0) is 8.97. The molecule has 0 aliphatic carbocycles. The number of nitrogen functional groups attached to an aromatic ring is 1. The second-order valence-electron chi connectivity index (χ2n) is 2.71. The summed E-state index contributed by atoms with van der Waals surface area (Å²) in [4.78, 5) is 3.95. The first-order chi connectivity index (χ1) is 5.79. The van der Waals surface area contributed by atoms with Crippen molar-refractivity contribution in [1.29, 1.82) is 0 Å². The lowest BCUT2D eigenvalue weighted by Gasteiger charge is -2.16. The summed E-state index contributed by atoms with van der Waals surface area (Å²) in [6.07, 6.45) is 4.57. The second kappa shape index (κ2) is 4.11. The highest BCUT2D eigenvalue weighted by molar-refractivity contribution is 5.17. The van der Waals surface area contributed by atoms with Crippen molar-refractivity contribution in [2.75, 3.05) is 19.5 Å². The Morgan fingerprint density at radius 1 is 1.75 bits per heavy atom. The quantitative estimate of drug-likeness (QED) is 0.733. The Labute approximate surface area is 72.3 Å². The molecule has 0 aliphatic rings. The molecule has 0 spiro atoms. The Morgan fingerprint density at radius 2 is 2.50 bits per heavy atom. The Bertz CT molecular complexity index is 234. The summed E-state index contributed by atoms with van der Waals surface area (Å²) in [6, 6.07) is 0.303. The first-order valence-corrected chi connectivity index (χ1v) is 4.06. The van der Waals surface area contributed by atoms with Crippen molar-refractivity contribution in [3.8, 4) is 0 Å². The second-order valence-corrected chi connectivity index (χ2v) is 2.71. The minimum atomic E-state index is 0.303. The van der Waals surface area contributed by atoms with Crippen LogP contribution in [0.4, 0.5) is 5.95 Å². The summed E-state index contributed by atoms with van der Waals surface area (Å²) in [5, 5.41) is 0. The van der Waals surface area contributed by atoms with Crippen LogP contribution in [0.3, 0.4) is 0 Å².